The fourth-order valence-electron chi connectivity index (χ4n) is 2.91. The van der Waals surface area contributed by atoms with Gasteiger partial charge in [-0.15, -0.1) is 0 Å². The van der Waals surface area contributed by atoms with Crippen LogP contribution in [-0.4, -0.2) is 4.98 Å². The lowest BCUT2D eigenvalue weighted by Gasteiger charge is -2.04. The van der Waals surface area contributed by atoms with Gasteiger partial charge in [-0.2, -0.15) is 0 Å². The van der Waals surface area contributed by atoms with Crippen molar-refractivity contribution in [2.75, 3.05) is 0 Å². The summed E-state index contributed by atoms with van der Waals surface area (Å²) >= 11 is 0. The molecule has 4 rings (SSSR count). The number of rotatable bonds is 3. The van der Waals surface area contributed by atoms with Crippen LogP contribution >= 0.6 is 0 Å². The van der Waals surface area contributed by atoms with Gasteiger partial charge in [0.15, 0.2) is 18.9 Å². The lowest BCUT2D eigenvalue weighted by atomic mass is 10.1. The Labute approximate surface area is 135 Å². The van der Waals surface area contributed by atoms with Gasteiger partial charge in [0, 0.05) is 28.8 Å². The van der Waals surface area contributed by atoms with Crippen LogP contribution in [0, 0.1) is 0 Å². The largest absolute Gasteiger partial charge is 0.256 e. The first-order valence-corrected chi connectivity index (χ1v) is 7.77. The van der Waals surface area contributed by atoms with Crippen LogP contribution in [0.25, 0.3) is 22.0 Å². The van der Waals surface area contributed by atoms with Crippen molar-refractivity contribution in [3.63, 3.8) is 0 Å². The molecule has 0 bridgehead atoms. The van der Waals surface area contributed by atoms with Crippen LogP contribution in [0.4, 0.5) is 0 Å². The van der Waals surface area contributed by atoms with E-state index in [1.54, 1.807) is 0 Å². The highest BCUT2D eigenvalue weighted by Gasteiger charge is 2.09. The van der Waals surface area contributed by atoms with Crippen LogP contribution in [0.2, 0.25) is 0 Å². The van der Waals surface area contributed by atoms with E-state index in [9.17, 15) is 0 Å². The molecule has 0 radical (unpaired) electrons. The van der Waals surface area contributed by atoms with Crippen LogP contribution in [0.3, 0.4) is 0 Å². The summed E-state index contributed by atoms with van der Waals surface area (Å²) in [6, 6.07) is 25.2. The Balaban J connectivity index is 1.72. The standard InChI is InChI=1S/C21H17N2/c1-2-7-17(8-3-1)19-12-6-14-23(15-19)16-20-10-4-9-18-11-5-13-22-21(18)20/h1-15H,16H2/q+1. The molecule has 0 saturated carbocycles. The molecule has 2 nitrogen and oxygen atoms in total. The lowest BCUT2D eigenvalue weighted by Crippen LogP contribution is -2.33. The van der Waals surface area contributed by atoms with Gasteiger partial charge < -0.3 is 0 Å². The highest BCUT2D eigenvalue weighted by atomic mass is 14.9. The second-order valence-corrected chi connectivity index (χ2v) is 5.62. The van der Waals surface area contributed by atoms with E-state index in [-0.39, 0.29) is 0 Å². The van der Waals surface area contributed by atoms with E-state index in [0.717, 1.165) is 12.1 Å². The maximum absolute atomic E-state index is 4.54. The van der Waals surface area contributed by atoms with Gasteiger partial charge in [0.25, 0.3) is 0 Å². The average molecular weight is 297 g/mol. The molecule has 4 aromatic rings. The molecule has 0 aliphatic heterocycles. The molecule has 0 N–H and O–H groups in total. The van der Waals surface area contributed by atoms with Gasteiger partial charge in [-0.1, -0.05) is 54.6 Å². The van der Waals surface area contributed by atoms with Gasteiger partial charge in [0.05, 0.1) is 5.52 Å². The highest BCUT2D eigenvalue weighted by molar-refractivity contribution is 5.81. The van der Waals surface area contributed by atoms with Gasteiger partial charge in [-0.05, 0) is 17.7 Å². The van der Waals surface area contributed by atoms with Crippen LogP contribution < -0.4 is 4.57 Å². The van der Waals surface area contributed by atoms with E-state index in [2.05, 4.69) is 82.6 Å². The molecule has 23 heavy (non-hydrogen) atoms. The predicted molar refractivity (Wildman–Crippen MR) is 92.9 cm³/mol. The zero-order valence-corrected chi connectivity index (χ0v) is 12.8. The summed E-state index contributed by atoms with van der Waals surface area (Å²) < 4.78 is 2.21. The minimum absolute atomic E-state index is 0.815. The summed E-state index contributed by atoms with van der Waals surface area (Å²) in [5, 5.41) is 1.19. The van der Waals surface area contributed by atoms with E-state index in [1.807, 2.05) is 18.3 Å². The molecule has 0 saturated heterocycles. The number of hydrogen-bond acceptors (Lipinski definition) is 1. The molecule has 2 heterocycles. The quantitative estimate of drug-likeness (QED) is 0.517. The SMILES string of the molecule is c1ccc(-c2ccc[n+](Cc3cccc4cccnc34)c2)cc1. The topological polar surface area (TPSA) is 16.8 Å². The van der Waals surface area contributed by atoms with E-state index in [0.29, 0.717) is 0 Å². The summed E-state index contributed by atoms with van der Waals surface area (Å²) in [5.74, 6) is 0. The van der Waals surface area contributed by atoms with Crippen molar-refractivity contribution in [2.45, 2.75) is 6.54 Å². The molecule has 0 unspecified atom stereocenters. The van der Waals surface area contributed by atoms with E-state index < -0.39 is 0 Å². The van der Waals surface area contributed by atoms with Crippen molar-refractivity contribution in [1.82, 2.24) is 4.98 Å². The van der Waals surface area contributed by atoms with Gasteiger partial charge in [-0.3, -0.25) is 4.98 Å². The number of fused-ring (bicyclic) bond motifs is 1. The molecule has 0 amide bonds. The van der Waals surface area contributed by atoms with Crippen LogP contribution in [0.1, 0.15) is 5.56 Å². The number of hydrogen-bond donors (Lipinski definition) is 0. The molecular formula is C21H17N2+. The first kappa shape index (κ1) is 13.6. The molecule has 110 valence electrons. The van der Waals surface area contributed by atoms with Crippen molar-refractivity contribution in [2.24, 2.45) is 0 Å². The maximum Gasteiger partial charge on any atom is 0.176 e. The smallest absolute Gasteiger partial charge is 0.176 e. The van der Waals surface area contributed by atoms with E-state index >= 15 is 0 Å². The fraction of sp³-hybridized carbons (Fsp3) is 0.0476. The Kier molecular flexibility index (Phi) is 3.57. The summed E-state index contributed by atoms with van der Waals surface area (Å²) in [7, 11) is 0. The molecule has 0 aliphatic carbocycles. The predicted octanol–water partition coefficient (Wildman–Crippen LogP) is 4.24. The Hall–Kier alpha value is -3.00. The second kappa shape index (κ2) is 6.01. The number of para-hydroxylation sites is 1. The summed E-state index contributed by atoms with van der Waals surface area (Å²) in [6.45, 7) is 0.815. The highest BCUT2D eigenvalue weighted by Crippen LogP contribution is 2.18. The third kappa shape index (κ3) is 2.84. The third-order valence-corrected chi connectivity index (χ3v) is 4.03. The van der Waals surface area contributed by atoms with Crippen molar-refractivity contribution >= 4 is 10.9 Å². The first-order chi connectivity index (χ1) is 11.4. The van der Waals surface area contributed by atoms with Gasteiger partial charge in [0.2, 0.25) is 0 Å². The van der Waals surface area contributed by atoms with E-state index in [4.69, 9.17) is 0 Å². The third-order valence-electron chi connectivity index (χ3n) is 4.03. The summed E-state index contributed by atoms with van der Waals surface area (Å²) in [4.78, 5) is 4.54. The van der Waals surface area contributed by atoms with Crippen LogP contribution in [-0.2, 0) is 6.54 Å². The molecule has 2 aromatic carbocycles. The molecule has 0 fully saturated rings. The number of aromatic nitrogens is 2. The summed E-state index contributed by atoms with van der Waals surface area (Å²) in [6.07, 6.45) is 6.15. The van der Waals surface area contributed by atoms with Crippen molar-refractivity contribution in [1.29, 1.82) is 0 Å². The molecule has 0 atom stereocenters. The molecule has 2 heteroatoms. The molecule has 2 aromatic heterocycles. The Morgan fingerprint density at radius 3 is 2.48 bits per heavy atom. The van der Waals surface area contributed by atoms with Gasteiger partial charge in [-0.25, -0.2) is 4.57 Å². The molecule has 0 spiro atoms. The number of pyridine rings is 2. The first-order valence-electron chi connectivity index (χ1n) is 7.77. The van der Waals surface area contributed by atoms with Crippen LogP contribution in [0.5, 0.6) is 0 Å². The number of nitrogens with zero attached hydrogens (tertiary/aromatic N) is 2. The second-order valence-electron chi connectivity index (χ2n) is 5.62. The number of benzene rings is 2. The van der Waals surface area contributed by atoms with Crippen molar-refractivity contribution in [3.8, 4) is 11.1 Å². The zero-order chi connectivity index (χ0) is 15.5. The fourth-order valence-corrected chi connectivity index (χ4v) is 2.91. The summed E-state index contributed by atoms with van der Waals surface area (Å²) in [5.41, 5.74) is 4.77. The Morgan fingerprint density at radius 2 is 1.57 bits per heavy atom. The maximum atomic E-state index is 4.54. The minimum atomic E-state index is 0.815. The van der Waals surface area contributed by atoms with Crippen molar-refractivity contribution in [3.05, 3.63) is 97.0 Å². The zero-order valence-electron chi connectivity index (χ0n) is 12.8. The van der Waals surface area contributed by atoms with E-state index in [1.165, 1.54) is 22.1 Å². The van der Waals surface area contributed by atoms with Crippen molar-refractivity contribution < 1.29 is 4.57 Å². The monoisotopic (exact) mass is 297 g/mol. The molecular weight excluding hydrogens is 280 g/mol. The average Bonchev–Trinajstić information content (AvgIpc) is 2.63. The normalized spacial score (nSPS) is 10.8. The van der Waals surface area contributed by atoms with Gasteiger partial charge >= 0.3 is 0 Å². The van der Waals surface area contributed by atoms with Crippen LogP contribution in [0.15, 0.2) is 91.4 Å². The Bertz CT molecular complexity index is 940. The Morgan fingerprint density at radius 1 is 0.739 bits per heavy atom. The lowest BCUT2D eigenvalue weighted by molar-refractivity contribution is -0.687. The molecule has 0 aliphatic rings. The minimum Gasteiger partial charge on any atom is -0.256 e. The van der Waals surface area contributed by atoms with Gasteiger partial charge in [0.1, 0.15) is 0 Å².